The van der Waals surface area contributed by atoms with Gasteiger partial charge in [-0.3, -0.25) is 0 Å². The predicted molar refractivity (Wildman–Crippen MR) is 194 cm³/mol. The number of fused-ring (bicyclic) bond motifs is 8. The van der Waals surface area contributed by atoms with Gasteiger partial charge in [0.25, 0.3) is 0 Å². The largest absolute Gasteiger partial charge is 2.00 e. The maximum Gasteiger partial charge on any atom is 2.00 e. The zero-order chi connectivity index (χ0) is 31.9. The van der Waals surface area contributed by atoms with Crippen molar-refractivity contribution in [3.8, 4) is 50.4 Å². The molecule has 0 saturated carbocycles. The van der Waals surface area contributed by atoms with Crippen molar-refractivity contribution in [3.05, 3.63) is 163 Å². The average Bonchev–Trinajstić information content (AvgIpc) is 3.98. The van der Waals surface area contributed by atoms with Crippen LogP contribution in [0, 0.1) is 0 Å². The fourth-order valence-electron chi connectivity index (χ4n) is 6.62. The van der Waals surface area contributed by atoms with Gasteiger partial charge in [0.05, 0.1) is 17.1 Å². The molecule has 5 nitrogen and oxygen atoms in total. The summed E-state index contributed by atoms with van der Waals surface area (Å²) in [5.74, 6) is 0.541. The molecule has 5 heterocycles. The SMILES string of the molecule is C1=Cc2nc1c(-c1ccccc1)c1ccc([n-]1)c(-c1ccccc1)c1nc(c(-c3ccccc3)c3ccc([n-]3)c2-c2ccccc2)OC1.[Zn+2]. The third-order valence-electron chi connectivity index (χ3n) is 8.79. The van der Waals surface area contributed by atoms with Crippen molar-refractivity contribution in [2.24, 2.45) is 0 Å². The van der Waals surface area contributed by atoms with E-state index in [0.717, 1.165) is 83.7 Å². The fraction of sp³-hybridized carbons (Fsp3) is 0.0233. The van der Waals surface area contributed by atoms with Crippen molar-refractivity contribution in [3.63, 3.8) is 0 Å². The zero-order valence-corrected chi connectivity index (χ0v) is 29.6. The Balaban J connectivity index is 0.00000348. The zero-order valence-electron chi connectivity index (χ0n) is 26.6. The van der Waals surface area contributed by atoms with E-state index in [9.17, 15) is 0 Å². The maximum atomic E-state index is 6.46. The Bertz CT molecular complexity index is 2320. The molecule has 0 amide bonds. The molecule has 4 aromatic carbocycles. The first-order chi connectivity index (χ1) is 23.8. The molecule has 8 bridgehead atoms. The Morgan fingerprint density at radius 1 is 0.408 bits per heavy atom. The van der Waals surface area contributed by atoms with Gasteiger partial charge in [0.1, 0.15) is 6.61 Å². The van der Waals surface area contributed by atoms with Crippen LogP contribution in [0.3, 0.4) is 0 Å². The first kappa shape index (κ1) is 30.5. The number of aromatic nitrogens is 4. The van der Waals surface area contributed by atoms with Crippen LogP contribution in [0.2, 0.25) is 0 Å². The maximum absolute atomic E-state index is 6.46. The van der Waals surface area contributed by atoms with E-state index in [0.29, 0.717) is 12.5 Å². The van der Waals surface area contributed by atoms with Gasteiger partial charge in [0.15, 0.2) is 0 Å². The van der Waals surface area contributed by atoms with Crippen LogP contribution in [0.4, 0.5) is 0 Å². The fourth-order valence-corrected chi connectivity index (χ4v) is 6.62. The van der Waals surface area contributed by atoms with Gasteiger partial charge in [-0.15, -0.1) is 22.1 Å². The first-order valence-corrected chi connectivity index (χ1v) is 16.0. The molecule has 2 aliphatic heterocycles. The van der Waals surface area contributed by atoms with Crippen molar-refractivity contribution in [2.45, 2.75) is 6.61 Å². The second kappa shape index (κ2) is 13.0. The van der Waals surface area contributed by atoms with E-state index in [1.807, 2.05) is 60.7 Å². The molecular weight excluding hydrogens is 654 g/mol. The van der Waals surface area contributed by atoms with E-state index in [1.54, 1.807) is 0 Å². The third kappa shape index (κ3) is 5.60. The second-order valence-corrected chi connectivity index (χ2v) is 11.8. The Morgan fingerprint density at radius 3 is 1.22 bits per heavy atom. The molecule has 0 fully saturated rings. The van der Waals surface area contributed by atoms with Crippen LogP contribution < -0.4 is 14.7 Å². The summed E-state index contributed by atoms with van der Waals surface area (Å²) in [5.41, 5.74) is 13.6. The number of hydrogen-bond acceptors (Lipinski definition) is 3. The molecule has 6 heteroatoms. The van der Waals surface area contributed by atoms with Gasteiger partial charge in [-0.05, 0) is 51.1 Å². The molecule has 3 aromatic heterocycles. The third-order valence-corrected chi connectivity index (χ3v) is 8.79. The van der Waals surface area contributed by atoms with Crippen molar-refractivity contribution in [1.82, 2.24) is 19.9 Å². The molecular formula is C43H28N4OZn. The normalized spacial score (nSPS) is 11.9. The average molecular weight is 682 g/mol. The van der Waals surface area contributed by atoms with Crippen molar-refractivity contribution < 1.29 is 24.2 Å². The molecule has 7 aromatic rings. The van der Waals surface area contributed by atoms with Crippen LogP contribution >= 0.6 is 0 Å². The molecule has 49 heavy (non-hydrogen) atoms. The van der Waals surface area contributed by atoms with E-state index in [-0.39, 0.29) is 19.5 Å². The molecule has 9 rings (SSSR count). The van der Waals surface area contributed by atoms with Crippen LogP contribution in [-0.2, 0) is 26.1 Å². The van der Waals surface area contributed by atoms with Gasteiger partial charge >= 0.3 is 19.5 Å². The van der Waals surface area contributed by atoms with Crippen LogP contribution in [0.15, 0.2) is 146 Å². The summed E-state index contributed by atoms with van der Waals surface area (Å²) in [6.45, 7) is 0.315. The number of rotatable bonds is 4. The van der Waals surface area contributed by atoms with Gasteiger partial charge in [-0.1, -0.05) is 146 Å². The van der Waals surface area contributed by atoms with Crippen molar-refractivity contribution in [2.75, 3.05) is 0 Å². The van der Waals surface area contributed by atoms with E-state index < -0.39 is 0 Å². The van der Waals surface area contributed by atoms with Crippen LogP contribution in [0.5, 0.6) is 5.88 Å². The van der Waals surface area contributed by atoms with Crippen LogP contribution in [0.25, 0.3) is 78.7 Å². The molecule has 2 aliphatic rings. The minimum absolute atomic E-state index is 0. The smallest absolute Gasteiger partial charge is 0.657 e. The van der Waals surface area contributed by atoms with E-state index >= 15 is 0 Å². The van der Waals surface area contributed by atoms with Gasteiger partial charge in [0, 0.05) is 5.56 Å². The van der Waals surface area contributed by atoms with Gasteiger partial charge < -0.3 is 14.7 Å². The molecule has 228 valence electrons. The Kier molecular flexibility index (Phi) is 8.08. The summed E-state index contributed by atoms with van der Waals surface area (Å²) >= 11 is 0. The van der Waals surface area contributed by atoms with E-state index in [2.05, 4.69) is 97.1 Å². The van der Waals surface area contributed by atoms with E-state index in [4.69, 9.17) is 24.7 Å². The minimum atomic E-state index is 0. The summed E-state index contributed by atoms with van der Waals surface area (Å²) in [6.07, 6.45) is 4.18. The number of nitrogens with zero attached hydrogens (tertiary/aromatic N) is 4. The quantitative estimate of drug-likeness (QED) is 0.173. The Morgan fingerprint density at radius 2 is 0.776 bits per heavy atom. The molecule has 0 radical (unpaired) electrons. The molecule has 0 spiro atoms. The molecule has 0 atom stereocenters. The van der Waals surface area contributed by atoms with Crippen LogP contribution in [-0.4, -0.2) is 9.97 Å². The van der Waals surface area contributed by atoms with Gasteiger partial charge in [-0.25, -0.2) is 9.97 Å². The van der Waals surface area contributed by atoms with Crippen molar-refractivity contribution in [1.29, 1.82) is 0 Å². The second-order valence-electron chi connectivity index (χ2n) is 11.8. The summed E-state index contributed by atoms with van der Waals surface area (Å²) in [7, 11) is 0. The number of benzene rings is 4. The molecule has 0 aliphatic carbocycles. The first-order valence-electron chi connectivity index (χ1n) is 16.0. The van der Waals surface area contributed by atoms with E-state index in [1.165, 1.54) is 0 Å². The summed E-state index contributed by atoms with van der Waals surface area (Å²) in [4.78, 5) is 21.0. The monoisotopic (exact) mass is 680 g/mol. The Labute approximate surface area is 296 Å². The van der Waals surface area contributed by atoms with Gasteiger partial charge in [0.2, 0.25) is 5.88 Å². The van der Waals surface area contributed by atoms with Crippen LogP contribution in [0.1, 0.15) is 17.1 Å². The number of hydrogen-bond donors (Lipinski definition) is 0. The predicted octanol–water partition coefficient (Wildman–Crippen LogP) is 9.99. The number of ether oxygens (including phenoxy) is 1. The van der Waals surface area contributed by atoms with Crippen molar-refractivity contribution >= 4 is 34.2 Å². The Hall–Kier alpha value is -5.84. The molecule has 0 unspecified atom stereocenters. The molecule has 0 saturated heterocycles. The minimum Gasteiger partial charge on any atom is -0.657 e. The topological polar surface area (TPSA) is 63.2 Å². The standard InChI is InChI=1S/C43H28N4O.Zn/c1-5-13-28(14-6-1)39-32-21-22-33(44-32)40(29-15-7-2-8-16-29)35-25-26-37(46-35)42(31-19-11-4-12-20-31)43-47-38(27-48-43)41(30-17-9-3-10-18-30)36-24-23-34(39)45-36;/h1-26H,27H2;/q-2;+2. The summed E-state index contributed by atoms with van der Waals surface area (Å²) < 4.78 is 6.46. The van der Waals surface area contributed by atoms with Gasteiger partial charge in [-0.2, -0.15) is 0 Å². The summed E-state index contributed by atoms with van der Waals surface area (Å²) in [5, 5.41) is 0. The summed E-state index contributed by atoms with van der Waals surface area (Å²) in [6, 6.07) is 49.5. The molecule has 0 N–H and O–H groups in total.